The van der Waals surface area contributed by atoms with Crippen molar-refractivity contribution in [2.24, 2.45) is 0 Å². The minimum absolute atomic E-state index is 0.748. The summed E-state index contributed by atoms with van der Waals surface area (Å²) in [5.74, 6) is 0. The number of rotatable bonds is 1. The Morgan fingerprint density at radius 1 is 1.14 bits per heavy atom. The highest BCUT2D eigenvalue weighted by molar-refractivity contribution is 9.08. The fourth-order valence-electron chi connectivity index (χ4n) is 1.62. The van der Waals surface area contributed by atoms with E-state index in [0.29, 0.717) is 0 Å². The fourth-order valence-corrected chi connectivity index (χ4v) is 2.09. The molecule has 14 heavy (non-hydrogen) atoms. The lowest BCUT2D eigenvalue weighted by atomic mass is 10.0. The summed E-state index contributed by atoms with van der Waals surface area (Å²) in [7, 11) is 0. The summed E-state index contributed by atoms with van der Waals surface area (Å²) in [4.78, 5) is 0. The molecule has 0 heterocycles. The Morgan fingerprint density at radius 2 is 1.86 bits per heavy atom. The lowest BCUT2D eigenvalue weighted by Gasteiger charge is -2.04. The molecule has 1 nitrogen and oxygen atoms in total. The van der Waals surface area contributed by atoms with Gasteiger partial charge in [0.2, 0.25) is 0 Å². The van der Waals surface area contributed by atoms with Gasteiger partial charge in [-0.1, -0.05) is 46.3 Å². The van der Waals surface area contributed by atoms with E-state index in [1.54, 1.807) is 0 Å². The molecule has 0 aromatic heterocycles. The van der Waals surface area contributed by atoms with Crippen LogP contribution in [0.25, 0.3) is 10.8 Å². The first kappa shape index (κ1) is 9.23. The fraction of sp³-hybridized carbons (Fsp3) is 0.0833. The molecule has 0 aliphatic carbocycles. The number of hydrogen-bond donors (Lipinski definition) is 0. The second kappa shape index (κ2) is 3.81. The molecule has 2 rings (SSSR count). The van der Waals surface area contributed by atoms with Gasteiger partial charge in [-0.15, -0.1) is 0 Å². The molecule has 0 N–H and O–H groups in total. The minimum atomic E-state index is 0.748. The van der Waals surface area contributed by atoms with Gasteiger partial charge in [-0.25, -0.2) is 0 Å². The maximum Gasteiger partial charge on any atom is 0.0998 e. The zero-order valence-corrected chi connectivity index (χ0v) is 9.08. The third kappa shape index (κ3) is 1.40. The van der Waals surface area contributed by atoms with Crippen molar-refractivity contribution in [3.8, 4) is 6.07 Å². The number of alkyl halides is 1. The van der Waals surface area contributed by atoms with Crippen LogP contribution in [0.4, 0.5) is 0 Å². The monoisotopic (exact) mass is 245 g/mol. The van der Waals surface area contributed by atoms with Gasteiger partial charge in [0.15, 0.2) is 0 Å². The van der Waals surface area contributed by atoms with Crippen molar-refractivity contribution >= 4 is 26.7 Å². The average Bonchev–Trinajstić information content (AvgIpc) is 2.27. The van der Waals surface area contributed by atoms with Crippen LogP contribution in [0.15, 0.2) is 36.4 Å². The summed E-state index contributed by atoms with van der Waals surface area (Å²) in [6.45, 7) is 0. The molecule has 2 aromatic rings. The van der Waals surface area contributed by atoms with Crippen molar-refractivity contribution in [3.63, 3.8) is 0 Å². The summed E-state index contributed by atoms with van der Waals surface area (Å²) in [6.07, 6.45) is 0. The van der Waals surface area contributed by atoms with Gasteiger partial charge in [0.1, 0.15) is 0 Å². The first-order chi connectivity index (χ1) is 6.86. The van der Waals surface area contributed by atoms with Crippen molar-refractivity contribution in [2.75, 3.05) is 0 Å². The summed E-state index contributed by atoms with van der Waals surface area (Å²) < 4.78 is 0. The molecule has 0 radical (unpaired) electrons. The van der Waals surface area contributed by atoms with Gasteiger partial charge < -0.3 is 0 Å². The lowest BCUT2D eigenvalue weighted by Crippen LogP contribution is -1.85. The second-order valence-electron chi connectivity index (χ2n) is 3.07. The standard InChI is InChI=1S/C12H8BrN/c13-7-10-5-1-3-9-4-2-6-11(8-14)12(9)10/h1-6H,7H2. The molecular weight excluding hydrogens is 238 g/mol. The molecule has 0 fully saturated rings. The quantitative estimate of drug-likeness (QED) is 0.705. The number of halogens is 1. The highest BCUT2D eigenvalue weighted by atomic mass is 79.9. The van der Waals surface area contributed by atoms with Crippen molar-refractivity contribution in [3.05, 3.63) is 47.5 Å². The van der Waals surface area contributed by atoms with Gasteiger partial charge >= 0.3 is 0 Å². The molecule has 0 aliphatic rings. The van der Waals surface area contributed by atoms with E-state index >= 15 is 0 Å². The zero-order chi connectivity index (χ0) is 9.97. The Morgan fingerprint density at radius 3 is 2.50 bits per heavy atom. The van der Waals surface area contributed by atoms with Crippen molar-refractivity contribution in [2.45, 2.75) is 5.33 Å². The van der Waals surface area contributed by atoms with Crippen LogP contribution in [0, 0.1) is 11.3 Å². The Kier molecular flexibility index (Phi) is 2.51. The Hall–Kier alpha value is -1.33. The Bertz CT molecular complexity index is 506. The molecule has 0 spiro atoms. The number of benzene rings is 2. The van der Waals surface area contributed by atoms with Crippen LogP contribution in [0.2, 0.25) is 0 Å². The van der Waals surface area contributed by atoms with Crippen LogP contribution < -0.4 is 0 Å². The van der Waals surface area contributed by atoms with Crippen LogP contribution in [0.1, 0.15) is 11.1 Å². The van der Waals surface area contributed by atoms with E-state index in [-0.39, 0.29) is 0 Å². The number of nitriles is 1. The van der Waals surface area contributed by atoms with Crippen LogP contribution >= 0.6 is 15.9 Å². The van der Waals surface area contributed by atoms with Crippen LogP contribution in [-0.4, -0.2) is 0 Å². The van der Waals surface area contributed by atoms with Gasteiger partial charge in [0, 0.05) is 10.7 Å². The van der Waals surface area contributed by atoms with Gasteiger partial charge in [0.05, 0.1) is 11.6 Å². The van der Waals surface area contributed by atoms with Crippen molar-refractivity contribution in [1.82, 2.24) is 0 Å². The molecule has 68 valence electrons. The molecule has 2 heteroatoms. The van der Waals surface area contributed by atoms with E-state index in [1.807, 2.05) is 36.4 Å². The van der Waals surface area contributed by atoms with Crippen LogP contribution in [-0.2, 0) is 5.33 Å². The van der Waals surface area contributed by atoms with E-state index in [9.17, 15) is 0 Å². The summed E-state index contributed by atoms with van der Waals surface area (Å²) in [6, 6.07) is 14.1. The van der Waals surface area contributed by atoms with Gasteiger partial charge in [-0.05, 0) is 17.0 Å². The average molecular weight is 246 g/mol. The summed E-state index contributed by atoms with van der Waals surface area (Å²) >= 11 is 3.43. The van der Waals surface area contributed by atoms with Crippen LogP contribution in [0.5, 0.6) is 0 Å². The number of hydrogen-bond acceptors (Lipinski definition) is 1. The maximum atomic E-state index is 8.99. The van der Waals surface area contributed by atoms with E-state index in [4.69, 9.17) is 5.26 Å². The molecule has 2 aromatic carbocycles. The molecule has 0 amide bonds. The van der Waals surface area contributed by atoms with E-state index in [1.165, 1.54) is 5.56 Å². The minimum Gasteiger partial charge on any atom is -0.192 e. The predicted molar refractivity (Wildman–Crippen MR) is 61.3 cm³/mol. The summed E-state index contributed by atoms with van der Waals surface area (Å²) in [5.41, 5.74) is 1.91. The molecule has 0 aliphatic heterocycles. The van der Waals surface area contributed by atoms with Crippen molar-refractivity contribution < 1.29 is 0 Å². The van der Waals surface area contributed by atoms with Gasteiger partial charge in [-0.2, -0.15) is 5.26 Å². The molecular formula is C12H8BrN. The first-order valence-electron chi connectivity index (χ1n) is 4.33. The second-order valence-corrected chi connectivity index (χ2v) is 3.63. The third-order valence-corrected chi connectivity index (χ3v) is 2.86. The third-order valence-electron chi connectivity index (χ3n) is 2.26. The topological polar surface area (TPSA) is 23.8 Å². The molecule has 0 bridgehead atoms. The largest absolute Gasteiger partial charge is 0.192 e. The van der Waals surface area contributed by atoms with E-state index < -0.39 is 0 Å². The van der Waals surface area contributed by atoms with Crippen molar-refractivity contribution in [1.29, 1.82) is 5.26 Å². The molecule has 0 atom stereocenters. The molecule has 0 saturated heterocycles. The van der Waals surface area contributed by atoms with Gasteiger partial charge in [-0.3, -0.25) is 0 Å². The van der Waals surface area contributed by atoms with E-state index in [0.717, 1.165) is 21.7 Å². The summed E-state index contributed by atoms with van der Waals surface area (Å²) in [5, 5.41) is 12.0. The molecule has 0 unspecified atom stereocenters. The van der Waals surface area contributed by atoms with E-state index in [2.05, 4.69) is 22.0 Å². The normalized spacial score (nSPS) is 10.0. The predicted octanol–water partition coefficient (Wildman–Crippen LogP) is 3.61. The van der Waals surface area contributed by atoms with Gasteiger partial charge in [0.25, 0.3) is 0 Å². The number of nitrogens with zero attached hydrogens (tertiary/aromatic N) is 1. The van der Waals surface area contributed by atoms with Crippen LogP contribution in [0.3, 0.4) is 0 Å². The smallest absolute Gasteiger partial charge is 0.0998 e. The zero-order valence-electron chi connectivity index (χ0n) is 7.50. The highest BCUT2D eigenvalue weighted by Gasteiger charge is 2.03. The lowest BCUT2D eigenvalue weighted by molar-refractivity contribution is 1.46. The first-order valence-corrected chi connectivity index (χ1v) is 5.45. The molecule has 0 saturated carbocycles. The highest BCUT2D eigenvalue weighted by Crippen LogP contribution is 2.24. The maximum absolute atomic E-state index is 8.99. The Labute approximate surface area is 91.1 Å². The Balaban J connectivity index is 2.90. The SMILES string of the molecule is N#Cc1cccc2cccc(CBr)c12. The number of fused-ring (bicyclic) bond motifs is 1.